The van der Waals surface area contributed by atoms with E-state index in [1.165, 1.54) is 44.2 Å². The van der Waals surface area contributed by atoms with Gasteiger partial charge in [0.1, 0.15) is 5.78 Å². The van der Waals surface area contributed by atoms with Gasteiger partial charge < -0.3 is 11.2 Å². The second-order valence-electron chi connectivity index (χ2n) is 7.08. The molecule has 0 radical (unpaired) electrons. The zero-order valence-corrected chi connectivity index (χ0v) is 16.8. The number of benzene rings is 2. The van der Waals surface area contributed by atoms with Gasteiger partial charge in [0.2, 0.25) is 0 Å². The van der Waals surface area contributed by atoms with Crippen molar-refractivity contribution in [3.63, 3.8) is 0 Å². The molecule has 0 atom stereocenters. The average molecular weight is 383 g/mol. The van der Waals surface area contributed by atoms with E-state index in [0.29, 0.717) is 5.78 Å². The van der Waals surface area contributed by atoms with Crippen LogP contribution in [0.15, 0.2) is 65.7 Å². The highest BCUT2D eigenvalue weighted by Gasteiger charge is 2.06. The van der Waals surface area contributed by atoms with E-state index < -0.39 is 0 Å². The van der Waals surface area contributed by atoms with Gasteiger partial charge in [-0.2, -0.15) is 0 Å². The van der Waals surface area contributed by atoms with Gasteiger partial charge in [0, 0.05) is 24.2 Å². The number of nitrogens with two attached hydrogens (primary N) is 1. The number of ketones is 1. The molecular formula is C24H34N2O2. The van der Waals surface area contributed by atoms with Gasteiger partial charge in [-0.25, -0.2) is 0 Å². The van der Waals surface area contributed by atoms with Crippen LogP contribution in [0.25, 0.3) is 0 Å². The number of aliphatic imine (C=N–C) groups is 1. The lowest BCUT2D eigenvalue weighted by atomic mass is 9.98. The van der Waals surface area contributed by atoms with Crippen molar-refractivity contribution in [2.24, 2.45) is 4.99 Å². The Labute approximate surface area is 169 Å². The molecule has 0 unspecified atom stereocenters. The second-order valence-corrected chi connectivity index (χ2v) is 7.08. The Bertz CT molecular complexity index is 668. The van der Waals surface area contributed by atoms with E-state index in [4.69, 9.17) is 5.73 Å². The van der Waals surface area contributed by atoms with Crippen molar-refractivity contribution in [3.05, 3.63) is 60.7 Å². The molecule has 0 amide bonds. The number of nitrogen functional groups attached to an aromatic ring is 1. The molecule has 2 aromatic rings. The quantitative estimate of drug-likeness (QED) is 0.642. The van der Waals surface area contributed by atoms with Crippen molar-refractivity contribution in [2.45, 2.75) is 64.2 Å². The topological polar surface area (TPSA) is 87.0 Å². The molecule has 2 fully saturated rings. The number of hydrogen-bond donors (Lipinski definition) is 1. The van der Waals surface area contributed by atoms with Crippen molar-refractivity contribution < 1.29 is 10.3 Å². The first-order valence-electron chi connectivity index (χ1n) is 10.2. The van der Waals surface area contributed by atoms with E-state index in [1.54, 1.807) is 0 Å². The number of anilines is 1. The number of carbonyl (C=O) groups is 1. The van der Waals surface area contributed by atoms with Crippen LogP contribution in [0, 0.1) is 0 Å². The van der Waals surface area contributed by atoms with E-state index in [2.05, 4.69) is 17.1 Å². The Kier molecular flexibility index (Phi) is 12.3. The maximum Gasteiger partial charge on any atom is 0.132 e. The van der Waals surface area contributed by atoms with Crippen LogP contribution in [0.3, 0.4) is 0 Å². The summed E-state index contributed by atoms with van der Waals surface area (Å²) in [5.41, 5.74) is 8.68. The molecule has 0 saturated heterocycles. The predicted octanol–water partition coefficient (Wildman–Crippen LogP) is 5.69. The zero-order chi connectivity index (χ0) is 19.2. The van der Waals surface area contributed by atoms with E-state index in [-0.39, 0.29) is 5.48 Å². The van der Waals surface area contributed by atoms with E-state index in [1.807, 2.05) is 48.5 Å². The Hall–Kier alpha value is -2.46. The number of Topliss-reactive ketones (excluding diaryl/α,β-unsaturated/α-hetero) is 1. The summed E-state index contributed by atoms with van der Waals surface area (Å²) in [6, 6.07) is 19.7. The minimum Gasteiger partial charge on any atom is -0.412 e. The zero-order valence-electron chi connectivity index (χ0n) is 16.8. The molecule has 0 bridgehead atoms. The number of hydrogen-bond acceptors (Lipinski definition) is 3. The standard InChI is InChI=1S/C12H15N.C6H7N.C6H10O.H2O/c1-3-7-11(8-4-1)13-12-9-5-2-6-10-12;2*7-6-4-2-1-3-5-6;/h1,3-4,7-8H,2,5-6,9-10H2;1-5H,7H2;1-5H2;1H2. The molecule has 0 spiro atoms. The monoisotopic (exact) mass is 382 g/mol. The summed E-state index contributed by atoms with van der Waals surface area (Å²) in [6.45, 7) is 0. The molecule has 28 heavy (non-hydrogen) atoms. The van der Waals surface area contributed by atoms with Crippen LogP contribution in [-0.4, -0.2) is 17.0 Å². The van der Waals surface area contributed by atoms with Gasteiger partial charge in [-0.15, -0.1) is 0 Å². The van der Waals surface area contributed by atoms with Gasteiger partial charge >= 0.3 is 0 Å². The summed E-state index contributed by atoms with van der Waals surface area (Å²) in [4.78, 5) is 15.1. The lowest BCUT2D eigenvalue weighted by Crippen LogP contribution is -2.03. The molecular weight excluding hydrogens is 348 g/mol. The highest BCUT2D eigenvalue weighted by Crippen LogP contribution is 2.19. The van der Waals surface area contributed by atoms with Crippen molar-refractivity contribution >= 4 is 22.9 Å². The van der Waals surface area contributed by atoms with Gasteiger partial charge in [-0.1, -0.05) is 49.2 Å². The maximum absolute atomic E-state index is 10.5. The molecule has 0 aromatic heterocycles. The predicted molar refractivity (Wildman–Crippen MR) is 119 cm³/mol. The van der Waals surface area contributed by atoms with Crippen LogP contribution in [0.5, 0.6) is 0 Å². The lowest BCUT2D eigenvalue weighted by molar-refractivity contribution is -0.120. The highest BCUT2D eigenvalue weighted by atomic mass is 16.1. The highest BCUT2D eigenvalue weighted by molar-refractivity contribution is 5.87. The fourth-order valence-corrected chi connectivity index (χ4v) is 3.16. The second kappa shape index (κ2) is 14.6. The summed E-state index contributed by atoms with van der Waals surface area (Å²) in [5, 5.41) is 0. The van der Waals surface area contributed by atoms with Crippen molar-refractivity contribution in [2.75, 3.05) is 5.73 Å². The Balaban J connectivity index is 0.000000224. The third kappa shape index (κ3) is 10.6. The van der Waals surface area contributed by atoms with Gasteiger partial charge in [0.05, 0.1) is 5.69 Å². The van der Waals surface area contributed by atoms with Crippen LogP contribution in [0.1, 0.15) is 64.2 Å². The van der Waals surface area contributed by atoms with Crippen LogP contribution >= 0.6 is 0 Å². The van der Waals surface area contributed by atoms with Crippen molar-refractivity contribution in [1.29, 1.82) is 0 Å². The smallest absolute Gasteiger partial charge is 0.132 e. The SMILES string of the molecule is Nc1ccccc1.O.O=C1CCCCC1.c1ccc(N=C2CCCCC2)cc1. The molecule has 0 heterocycles. The number of carbonyl (C=O) groups excluding carboxylic acids is 1. The minimum atomic E-state index is 0. The van der Waals surface area contributed by atoms with E-state index >= 15 is 0 Å². The number of rotatable bonds is 1. The number of para-hydroxylation sites is 2. The Morgan fingerprint density at radius 3 is 1.50 bits per heavy atom. The van der Waals surface area contributed by atoms with Gasteiger partial charge in [-0.05, 0) is 62.8 Å². The number of nitrogens with zero attached hydrogens (tertiary/aromatic N) is 1. The summed E-state index contributed by atoms with van der Waals surface area (Å²) in [5.74, 6) is 0.464. The third-order valence-corrected chi connectivity index (χ3v) is 4.68. The van der Waals surface area contributed by atoms with Crippen LogP contribution < -0.4 is 5.73 Å². The summed E-state index contributed by atoms with van der Waals surface area (Å²) in [7, 11) is 0. The minimum absolute atomic E-state index is 0. The first kappa shape index (κ1) is 23.6. The van der Waals surface area contributed by atoms with E-state index in [9.17, 15) is 4.79 Å². The Morgan fingerprint density at radius 1 is 0.643 bits per heavy atom. The molecule has 2 aliphatic rings. The largest absolute Gasteiger partial charge is 0.412 e. The third-order valence-electron chi connectivity index (χ3n) is 4.68. The molecule has 0 aliphatic heterocycles. The summed E-state index contributed by atoms with van der Waals surface area (Å²) >= 11 is 0. The maximum atomic E-state index is 10.5. The Morgan fingerprint density at radius 2 is 1.11 bits per heavy atom. The van der Waals surface area contributed by atoms with Gasteiger partial charge in [0.25, 0.3) is 0 Å². The molecule has 152 valence electrons. The molecule has 2 aromatic carbocycles. The van der Waals surface area contributed by atoms with Gasteiger partial charge in [-0.3, -0.25) is 9.79 Å². The van der Waals surface area contributed by atoms with Crippen LogP contribution in [0.2, 0.25) is 0 Å². The van der Waals surface area contributed by atoms with Gasteiger partial charge in [0.15, 0.2) is 0 Å². The summed E-state index contributed by atoms with van der Waals surface area (Å²) < 4.78 is 0. The fourth-order valence-electron chi connectivity index (χ4n) is 3.16. The molecule has 4 rings (SSSR count). The molecule has 4 nitrogen and oxygen atoms in total. The van der Waals surface area contributed by atoms with Crippen LogP contribution in [-0.2, 0) is 4.79 Å². The molecule has 2 saturated carbocycles. The molecule has 4 N–H and O–H groups in total. The molecule has 2 aliphatic carbocycles. The summed E-state index contributed by atoms with van der Waals surface area (Å²) in [6.07, 6.45) is 11.7. The van der Waals surface area contributed by atoms with Crippen molar-refractivity contribution in [1.82, 2.24) is 0 Å². The fraction of sp³-hybridized carbons (Fsp3) is 0.417. The first-order chi connectivity index (χ1) is 13.2. The molecule has 4 heteroatoms. The lowest BCUT2D eigenvalue weighted by Gasteiger charge is -2.11. The van der Waals surface area contributed by atoms with Crippen LogP contribution in [0.4, 0.5) is 11.4 Å². The van der Waals surface area contributed by atoms with Crippen molar-refractivity contribution in [3.8, 4) is 0 Å². The average Bonchev–Trinajstić information content (AvgIpc) is 2.72. The van der Waals surface area contributed by atoms with E-state index in [0.717, 1.165) is 37.1 Å². The normalized spacial score (nSPS) is 15.7. The first-order valence-corrected chi connectivity index (χ1v) is 10.2.